The van der Waals surface area contributed by atoms with E-state index in [0.29, 0.717) is 45.9 Å². The Morgan fingerprint density at radius 3 is 2.28 bits per heavy atom. The maximum Gasteiger partial charge on any atom is 0.282 e. The second-order valence-electron chi connectivity index (χ2n) is 7.86. The number of morpholine rings is 1. The Kier molecular flexibility index (Phi) is 6.38. The summed E-state index contributed by atoms with van der Waals surface area (Å²) in [6.07, 6.45) is 1.48. The van der Waals surface area contributed by atoms with Gasteiger partial charge in [0.2, 0.25) is 5.91 Å². The molecule has 4 rings (SSSR count). The zero-order valence-electron chi connectivity index (χ0n) is 16.8. The fourth-order valence-corrected chi connectivity index (χ4v) is 6.04. The first-order valence-corrected chi connectivity index (χ1v) is 11.9. The topological polar surface area (TPSA) is 73.4 Å². The van der Waals surface area contributed by atoms with Gasteiger partial charge in [-0.05, 0) is 25.0 Å². The van der Waals surface area contributed by atoms with E-state index in [4.69, 9.17) is 4.74 Å². The first-order valence-electron chi connectivity index (χ1n) is 10.5. The maximum absolute atomic E-state index is 13.1. The predicted molar refractivity (Wildman–Crippen MR) is 111 cm³/mol. The van der Waals surface area contributed by atoms with Crippen LogP contribution < -0.4 is 4.90 Å². The van der Waals surface area contributed by atoms with E-state index in [-0.39, 0.29) is 18.4 Å². The van der Waals surface area contributed by atoms with Gasteiger partial charge in [-0.15, -0.1) is 0 Å². The summed E-state index contributed by atoms with van der Waals surface area (Å²) < 4.78 is 34.2. The summed E-state index contributed by atoms with van der Waals surface area (Å²) in [5.41, 5.74) is 1.18. The molecule has 0 spiro atoms. The van der Waals surface area contributed by atoms with Crippen LogP contribution in [0.25, 0.3) is 0 Å². The SMILES string of the molecule is O=C(C1CCCN(S(=O)(=O)N2CCOCC2)C1)N1CCN(c2ccccc2)CC1. The number of hydrogen-bond acceptors (Lipinski definition) is 5. The number of piperidine rings is 1. The Hall–Kier alpha value is -1.68. The summed E-state index contributed by atoms with van der Waals surface area (Å²) in [6.45, 7) is 5.39. The van der Waals surface area contributed by atoms with E-state index in [9.17, 15) is 13.2 Å². The lowest BCUT2D eigenvalue weighted by Gasteiger charge is -2.40. The van der Waals surface area contributed by atoms with Gasteiger partial charge in [0.15, 0.2) is 0 Å². The van der Waals surface area contributed by atoms with Gasteiger partial charge >= 0.3 is 0 Å². The molecule has 1 aromatic rings. The smallest absolute Gasteiger partial charge is 0.282 e. The largest absolute Gasteiger partial charge is 0.379 e. The van der Waals surface area contributed by atoms with Gasteiger partial charge in [0, 0.05) is 58.0 Å². The third-order valence-electron chi connectivity index (χ3n) is 6.07. The van der Waals surface area contributed by atoms with Gasteiger partial charge in [0.25, 0.3) is 10.2 Å². The quantitative estimate of drug-likeness (QED) is 0.712. The summed E-state index contributed by atoms with van der Waals surface area (Å²) >= 11 is 0. The summed E-state index contributed by atoms with van der Waals surface area (Å²) in [7, 11) is -3.52. The summed E-state index contributed by atoms with van der Waals surface area (Å²) in [6, 6.07) is 10.2. The highest BCUT2D eigenvalue weighted by atomic mass is 32.2. The van der Waals surface area contributed by atoms with Crippen LogP contribution in [0.5, 0.6) is 0 Å². The van der Waals surface area contributed by atoms with Crippen molar-refractivity contribution < 1.29 is 17.9 Å². The molecule has 9 heteroatoms. The van der Waals surface area contributed by atoms with Crippen molar-refractivity contribution in [1.29, 1.82) is 0 Å². The first-order chi connectivity index (χ1) is 14.1. The van der Waals surface area contributed by atoms with Crippen molar-refractivity contribution in [3.05, 3.63) is 30.3 Å². The van der Waals surface area contributed by atoms with Crippen molar-refractivity contribution in [3.8, 4) is 0 Å². The van der Waals surface area contributed by atoms with Gasteiger partial charge in [-0.1, -0.05) is 18.2 Å². The van der Waals surface area contributed by atoms with Gasteiger partial charge in [-0.2, -0.15) is 17.0 Å². The molecule has 1 aromatic carbocycles. The first kappa shape index (κ1) is 20.6. The Morgan fingerprint density at radius 2 is 1.59 bits per heavy atom. The van der Waals surface area contributed by atoms with E-state index < -0.39 is 10.2 Å². The number of hydrogen-bond donors (Lipinski definition) is 0. The molecule has 0 bridgehead atoms. The van der Waals surface area contributed by atoms with Crippen LogP contribution in [0.2, 0.25) is 0 Å². The summed E-state index contributed by atoms with van der Waals surface area (Å²) in [5, 5.41) is 0. The number of piperazine rings is 1. The van der Waals surface area contributed by atoms with Crippen LogP contribution in [0.3, 0.4) is 0 Å². The average Bonchev–Trinajstić information content (AvgIpc) is 2.80. The maximum atomic E-state index is 13.1. The van der Waals surface area contributed by atoms with Crippen LogP contribution in [0, 0.1) is 5.92 Å². The number of benzene rings is 1. The molecule has 0 radical (unpaired) electrons. The molecule has 0 N–H and O–H groups in total. The highest BCUT2D eigenvalue weighted by Gasteiger charge is 2.38. The number of anilines is 1. The monoisotopic (exact) mass is 422 g/mol. The molecule has 3 fully saturated rings. The van der Waals surface area contributed by atoms with Gasteiger partial charge < -0.3 is 14.5 Å². The molecule has 1 amide bonds. The number of rotatable bonds is 4. The number of carbonyl (C=O) groups excluding carboxylic acids is 1. The van der Waals surface area contributed by atoms with Crippen LogP contribution in [-0.4, -0.2) is 93.4 Å². The molecule has 1 unspecified atom stereocenters. The lowest BCUT2D eigenvalue weighted by molar-refractivity contribution is -0.137. The lowest BCUT2D eigenvalue weighted by Crippen LogP contribution is -2.55. The number of nitrogens with zero attached hydrogens (tertiary/aromatic N) is 4. The Morgan fingerprint density at radius 1 is 0.897 bits per heavy atom. The molecule has 3 aliphatic rings. The number of amides is 1. The molecule has 29 heavy (non-hydrogen) atoms. The minimum Gasteiger partial charge on any atom is -0.379 e. The van der Waals surface area contributed by atoms with Crippen LogP contribution in [-0.2, 0) is 19.7 Å². The van der Waals surface area contributed by atoms with E-state index in [2.05, 4.69) is 17.0 Å². The summed E-state index contributed by atoms with van der Waals surface area (Å²) in [4.78, 5) is 17.3. The number of para-hydroxylation sites is 1. The zero-order valence-corrected chi connectivity index (χ0v) is 17.6. The zero-order chi connectivity index (χ0) is 20.3. The number of carbonyl (C=O) groups is 1. The second-order valence-corrected chi connectivity index (χ2v) is 9.79. The fraction of sp³-hybridized carbons (Fsp3) is 0.650. The highest BCUT2D eigenvalue weighted by molar-refractivity contribution is 7.86. The third-order valence-corrected chi connectivity index (χ3v) is 8.07. The van der Waals surface area contributed by atoms with Crippen molar-refractivity contribution in [2.45, 2.75) is 12.8 Å². The molecule has 0 aromatic heterocycles. The molecule has 8 nitrogen and oxygen atoms in total. The van der Waals surface area contributed by atoms with Gasteiger partial charge in [-0.25, -0.2) is 0 Å². The van der Waals surface area contributed by atoms with Gasteiger partial charge in [-0.3, -0.25) is 4.79 Å². The Labute approximate surface area is 173 Å². The predicted octanol–water partition coefficient (Wildman–Crippen LogP) is 0.624. The summed E-state index contributed by atoms with van der Waals surface area (Å²) in [5.74, 6) is -0.151. The Balaban J connectivity index is 1.34. The van der Waals surface area contributed by atoms with Gasteiger partial charge in [0.1, 0.15) is 0 Å². The van der Waals surface area contributed by atoms with E-state index in [1.54, 1.807) is 0 Å². The lowest BCUT2D eigenvalue weighted by atomic mass is 9.97. The second kappa shape index (κ2) is 8.99. The molecule has 160 valence electrons. The van der Waals surface area contributed by atoms with Crippen LogP contribution in [0.4, 0.5) is 5.69 Å². The molecule has 0 saturated carbocycles. The molecule has 3 aliphatic heterocycles. The number of ether oxygens (including phenoxy) is 1. The molecule has 3 heterocycles. The van der Waals surface area contributed by atoms with Crippen molar-refractivity contribution in [3.63, 3.8) is 0 Å². The average molecular weight is 423 g/mol. The van der Waals surface area contributed by atoms with E-state index in [1.807, 2.05) is 23.1 Å². The fourth-order valence-electron chi connectivity index (χ4n) is 4.38. The van der Waals surface area contributed by atoms with E-state index >= 15 is 0 Å². The van der Waals surface area contributed by atoms with Gasteiger partial charge in [0.05, 0.1) is 19.1 Å². The minimum atomic E-state index is -3.52. The molecular weight excluding hydrogens is 392 g/mol. The van der Waals surface area contributed by atoms with Crippen LogP contribution >= 0.6 is 0 Å². The normalized spacial score (nSPS) is 25.2. The molecule has 0 aliphatic carbocycles. The highest BCUT2D eigenvalue weighted by Crippen LogP contribution is 2.24. The minimum absolute atomic E-state index is 0.0968. The van der Waals surface area contributed by atoms with Crippen molar-refractivity contribution in [1.82, 2.24) is 13.5 Å². The van der Waals surface area contributed by atoms with E-state index in [0.717, 1.165) is 25.9 Å². The van der Waals surface area contributed by atoms with Crippen LogP contribution in [0.15, 0.2) is 30.3 Å². The van der Waals surface area contributed by atoms with Crippen LogP contribution in [0.1, 0.15) is 12.8 Å². The van der Waals surface area contributed by atoms with Crippen molar-refractivity contribution in [2.75, 3.05) is 70.5 Å². The molecule has 3 saturated heterocycles. The van der Waals surface area contributed by atoms with Crippen molar-refractivity contribution in [2.24, 2.45) is 5.92 Å². The third kappa shape index (κ3) is 4.58. The Bertz CT molecular complexity index is 790. The van der Waals surface area contributed by atoms with E-state index in [1.165, 1.54) is 14.3 Å². The van der Waals surface area contributed by atoms with Crippen molar-refractivity contribution >= 4 is 21.8 Å². The standard InChI is InChI=1S/C20H30N4O4S/c25-20(22-11-9-21(10-12-22)19-6-2-1-3-7-19)18-5-4-8-24(17-18)29(26,27)23-13-15-28-16-14-23/h1-3,6-7,18H,4-5,8-17H2. The molecule has 1 atom stereocenters. The molecular formula is C20H30N4O4S.